The van der Waals surface area contributed by atoms with Gasteiger partial charge < -0.3 is 9.63 Å². The molecule has 0 atom stereocenters. The topological polar surface area (TPSA) is 110 Å². The minimum absolute atomic E-state index is 0.0156. The van der Waals surface area contributed by atoms with Crippen LogP contribution < -0.4 is 4.72 Å². The molecule has 0 radical (unpaired) electrons. The second-order valence-corrected chi connectivity index (χ2v) is 6.74. The van der Waals surface area contributed by atoms with Crippen LogP contribution >= 0.6 is 11.3 Å². The van der Waals surface area contributed by atoms with Gasteiger partial charge in [-0.05, 0) is 18.6 Å². The van der Waals surface area contributed by atoms with Crippen molar-refractivity contribution in [3.63, 3.8) is 0 Å². The van der Waals surface area contributed by atoms with E-state index in [1.807, 2.05) is 0 Å². The molecule has 2 aromatic rings. The Labute approximate surface area is 112 Å². The summed E-state index contributed by atoms with van der Waals surface area (Å²) in [5.74, 6) is -1.14. The molecule has 2 rings (SSSR count). The van der Waals surface area contributed by atoms with Crippen LogP contribution in [0.5, 0.6) is 0 Å². The standard InChI is InChI=1S/C10H10N2O5S2/c1-6-4-8(18-9(6)10(13)14)19(15,16)11-5-7-2-3-17-12-7/h2-4,11H,5H2,1H3,(H,13,14). The number of hydrogen-bond donors (Lipinski definition) is 2. The second-order valence-electron chi connectivity index (χ2n) is 3.70. The van der Waals surface area contributed by atoms with Crippen molar-refractivity contribution in [2.24, 2.45) is 0 Å². The van der Waals surface area contributed by atoms with Gasteiger partial charge in [0.25, 0.3) is 0 Å². The Kier molecular flexibility index (Phi) is 3.69. The summed E-state index contributed by atoms with van der Waals surface area (Å²) in [7, 11) is -3.75. The second kappa shape index (κ2) is 5.11. The first-order valence-corrected chi connectivity index (χ1v) is 7.43. The number of aromatic carboxylic acids is 1. The van der Waals surface area contributed by atoms with Gasteiger partial charge in [0.1, 0.15) is 15.3 Å². The first-order chi connectivity index (χ1) is 8.90. The molecule has 0 saturated heterocycles. The molecule has 19 heavy (non-hydrogen) atoms. The third kappa shape index (κ3) is 3.00. The molecule has 102 valence electrons. The minimum Gasteiger partial charge on any atom is -0.477 e. The van der Waals surface area contributed by atoms with E-state index in [-0.39, 0.29) is 15.6 Å². The van der Waals surface area contributed by atoms with E-state index >= 15 is 0 Å². The zero-order chi connectivity index (χ0) is 14.0. The van der Waals surface area contributed by atoms with Crippen molar-refractivity contribution in [3.8, 4) is 0 Å². The number of aryl methyl sites for hydroxylation is 1. The number of nitrogens with zero attached hydrogens (tertiary/aromatic N) is 1. The normalized spacial score (nSPS) is 11.6. The number of nitrogens with one attached hydrogen (secondary N) is 1. The Morgan fingerprint density at radius 2 is 2.32 bits per heavy atom. The summed E-state index contributed by atoms with van der Waals surface area (Å²) >= 11 is 0.718. The fourth-order valence-corrected chi connectivity index (χ4v) is 3.79. The van der Waals surface area contributed by atoms with E-state index in [2.05, 4.69) is 14.4 Å². The SMILES string of the molecule is Cc1cc(S(=O)(=O)NCc2ccon2)sc1C(=O)O. The van der Waals surface area contributed by atoms with Gasteiger partial charge >= 0.3 is 5.97 Å². The number of thiophene rings is 1. The Morgan fingerprint density at radius 1 is 1.58 bits per heavy atom. The quantitative estimate of drug-likeness (QED) is 0.859. The minimum atomic E-state index is -3.75. The molecule has 0 aromatic carbocycles. The maximum absolute atomic E-state index is 12.0. The smallest absolute Gasteiger partial charge is 0.346 e. The van der Waals surface area contributed by atoms with E-state index in [0.29, 0.717) is 11.3 Å². The van der Waals surface area contributed by atoms with E-state index in [1.54, 1.807) is 6.92 Å². The maximum atomic E-state index is 12.0. The molecule has 0 amide bonds. The summed E-state index contributed by atoms with van der Waals surface area (Å²) in [5, 5.41) is 12.5. The van der Waals surface area contributed by atoms with Crippen LogP contribution in [0.4, 0.5) is 0 Å². The molecule has 0 aliphatic heterocycles. The Morgan fingerprint density at radius 3 is 2.84 bits per heavy atom. The summed E-state index contributed by atoms with van der Waals surface area (Å²) in [6, 6.07) is 2.87. The molecule has 0 bridgehead atoms. The van der Waals surface area contributed by atoms with Gasteiger partial charge in [-0.3, -0.25) is 0 Å². The van der Waals surface area contributed by atoms with Gasteiger partial charge in [0.05, 0.1) is 12.2 Å². The summed E-state index contributed by atoms with van der Waals surface area (Å²) in [5.41, 5.74) is 0.856. The maximum Gasteiger partial charge on any atom is 0.346 e. The number of carboxylic acid groups (broad SMARTS) is 1. The highest BCUT2D eigenvalue weighted by atomic mass is 32.2. The highest BCUT2D eigenvalue weighted by Gasteiger charge is 2.21. The first kappa shape index (κ1) is 13.7. The van der Waals surface area contributed by atoms with Crippen molar-refractivity contribution in [1.29, 1.82) is 0 Å². The van der Waals surface area contributed by atoms with Gasteiger partial charge in [-0.1, -0.05) is 5.16 Å². The Balaban J connectivity index is 2.20. The number of sulfonamides is 1. The lowest BCUT2D eigenvalue weighted by Gasteiger charge is -2.01. The van der Waals surface area contributed by atoms with Gasteiger partial charge in [0.15, 0.2) is 0 Å². The van der Waals surface area contributed by atoms with Crippen molar-refractivity contribution in [2.45, 2.75) is 17.7 Å². The number of aromatic nitrogens is 1. The predicted molar refractivity (Wildman–Crippen MR) is 66.5 cm³/mol. The molecule has 0 unspecified atom stereocenters. The fourth-order valence-electron chi connectivity index (χ4n) is 1.37. The fraction of sp³-hybridized carbons (Fsp3) is 0.200. The van der Waals surface area contributed by atoms with E-state index in [1.165, 1.54) is 18.4 Å². The van der Waals surface area contributed by atoms with Gasteiger partial charge in [0, 0.05) is 6.07 Å². The van der Waals surface area contributed by atoms with Crippen LogP contribution in [0.2, 0.25) is 0 Å². The summed E-state index contributed by atoms with van der Waals surface area (Å²) in [6.45, 7) is 1.54. The van der Waals surface area contributed by atoms with E-state index < -0.39 is 16.0 Å². The van der Waals surface area contributed by atoms with Crippen LogP contribution in [0.1, 0.15) is 20.9 Å². The van der Waals surface area contributed by atoms with Crippen molar-refractivity contribution >= 4 is 27.3 Å². The average molecular weight is 302 g/mol. The van der Waals surface area contributed by atoms with Crippen molar-refractivity contribution in [3.05, 3.63) is 34.5 Å². The zero-order valence-electron chi connectivity index (χ0n) is 9.78. The monoisotopic (exact) mass is 302 g/mol. The van der Waals surface area contributed by atoms with Gasteiger partial charge in [-0.15, -0.1) is 11.3 Å². The first-order valence-electron chi connectivity index (χ1n) is 5.13. The molecule has 0 spiro atoms. The third-order valence-corrected chi connectivity index (χ3v) is 5.39. The van der Waals surface area contributed by atoms with E-state index in [4.69, 9.17) is 5.11 Å². The lowest BCUT2D eigenvalue weighted by molar-refractivity contribution is 0.0701. The number of carboxylic acids is 1. The van der Waals surface area contributed by atoms with Crippen LogP contribution in [0.3, 0.4) is 0 Å². The highest BCUT2D eigenvalue weighted by molar-refractivity contribution is 7.91. The summed E-state index contributed by atoms with van der Waals surface area (Å²) < 4.78 is 30.8. The van der Waals surface area contributed by atoms with Gasteiger partial charge in [0.2, 0.25) is 10.0 Å². The van der Waals surface area contributed by atoms with E-state index in [9.17, 15) is 13.2 Å². The molecule has 0 fully saturated rings. The number of carbonyl (C=O) groups is 1. The largest absolute Gasteiger partial charge is 0.477 e. The Bertz CT molecular complexity index is 688. The number of hydrogen-bond acceptors (Lipinski definition) is 6. The van der Waals surface area contributed by atoms with E-state index in [0.717, 1.165) is 11.3 Å². The van der Waals surface area contributed by atoms with Crippen LogP contribution in [-0.2, 0) is 16.6 Å². The molecule has 7 nitrogen and oxygen atoms in total. The zero-order valence-corrected chi connectivity index (χ0v) is 11.4. The van der Waals surface area contributed by atoms with Gasteiger partial charge in [-0.25, -0.2) is 17.9 Å². The third-order valence-electron chi connectivity index (χ3n) is 2.29. The van der Waals surface area contributed by atoms with Crippen LogP contribution in [0.25, 0.3) is 0 Å². The molecule has 0 aliphatic rings. The van der Waals surface area contributed by atoms with Gasteiger partial charge in [-0.2, -0.15) is 0 Å². The molecular formula is C10H10N2O5S2. The summed E-state index contributed by atoms with van der Waals surface area (Å²) in [6.07, 6.45) is 1.33. The Hall–Kier alpha value is -1.71. The van der Waals surface area contributed by atoms with Crippen LogP contribution in [-0.4, -0.2) is 24.7 Å². The highest BCUT2D eigenvalue weighted by Crippen LogP contribution is 2.25. The molecule has 9 heteroatoms. The van der Waals surface area contributed by atoms with Crippen LogP contribution in [0, 0.1) is 6.92 Å². The van der Waals surface area contributed by atoms with Crippen molar-refractivity contribution < 1.29 is 22.8 Å². The molecule has 2 N–H and O–H groups in total. The average Bonchev–Trinajstić information content (AvgIpc) is 2.95. The molecule has 0 aliphatic carbocycles. The predicted octanol–water partition coefficient (Wildman–Crippen LogP) is 1.22. The molecule has 0 saturated carbocycles. The molecular weight excluding hydrogens is 292 g/mol. The van der Waals surface area contributed by atoms with Crippen molar-refractivity contribution in [1.82, 2.24) is 9.88 Å². The lowest BCUT2D eigenvalue weighted by Crippen LogP contribution is -2.22. The molecule has 2 aromatic heterocycles. The number of rotatable bonds is 5. The van der Waals surface area contributed by atoms with Crippen LogP contribution in [0.15, 0.2) is 27.1 Å². The lowest BCUT2D eigenvalue weighted by atomic mass is 10.3. The summed E-state index contributed by atoms with van der Waals surface area (Å²) in [4.78, 5) is 10.9. The molecule has 2 heterocycles. The van der Waals surface area contributed by atoms with Crippen molar-refractivity contribution in [2.75, 3.05) is 0 Å².